The van der Waals surface area contributed by atoms with Crippen LogP contribution in [-0.2, 0) is 0 Å². The van der Waals surface area contributed by atoms with Gasteiger partial charge in [0.2, 0.25) is 11.2 Å². The highest BCUT2D eigenvalue weighted by Crippen LogP contribution is 2.40. The summed E-state index contributed by atoms with van der Waals surface area (Å²) in [5.74, 6) is -4.23. The lowest BCUT2D eigenvalue weighted by Crippen LogP contribution is -2.19. The van der Waals surface area contributed by atoms with Crippen molar-refractivity contribution in [3.8, 4) is 5.75 Å². The van der Waals surface area contributed by atoms with Crippen LogP contribution in [0.5, 0.6) is 5.75 Å². The molecule has 5 nitrogen and oxygen atoms in total. The van der Waals surface area contributed by atoms with Gasteiger partial charge in [0.1, 0.15) is 5.56 Å². The first-order chi connectivity index (χ1) is 9.95. The Balaban J connectivity index is 0.00000176. The van der Waals surface area contributed by atoms with Crippen molar-refractivity contribution in [2.45, 2.75) is 18.9 Å². The predicted octanol–water partition coefficient (Wildman–Crippen LogP) is 1.44. The van der Waals surface area contributed by atoms with Crippen LogP contribution in [0.4, 0.5) is 18.2 Å². The Hall–Kier alpha value is -2.52. The summed E-state index contributed by atoms with van der Waals surface area (Å²) in [6, 6.07) is 0.686. The largest absolute Gasteiger partial charge is 0.491 e. The molecule has 1 saturated carbocycles. The van der Waals surface area contributed by atoms with Gasteiger partial charge in [-0.05, 0) is 18.9 Å². The van der Waals surface area contributed by atoms with Crippen molar-refractivity contribution in [2.75, 3.05) is 7.11 Å². The van der Waals surface area contributed by atoms with Crippen LogP contribution in [0.25, 0.3) is 10.9 Å². The predicted molar refractivity (Wildman–Crippen MR) is 84.9 cm³/mol. The molecule has 0 saturated heterocycles. The molecule has 0 aliphatic heterocycles. The molecule has 24 heavy (non-hydrogen) atoms. The number of carboxylic acids is 1. The monoisotopic (exact) mass is 349 g/mol. The number of hydrogen-bond acceptors (Lipinski definition) is 3. The van der Waals surface area contributed by atoms with E-state index in [2.05, 4.69) is 0 Å². The summed E-state index contributed by atoms with van der Waals surface area (Å²) >= 11 is 0. The van der Waals surface area contributed by atoms with Crippen molar-refractivity contribution in [1.82, 2.24) is 4.57 Å². The minimum absolute atomic E-state index is 0. The van der Waals surface area contributed by atoms with Crippen LogP contribution in [0.3, 0.4) is 0 Å². The van der Waals surface area contributed by atoms with E-state index in [4.69, 9.17) is 9.84 Å². The molecule has 1 aliphatic rings. The molecule has 0 amide bonds. The van der Waals surface area contributed by atoms with Crippen LogP contribution in [0.2, 0.25) is 0 Å². The lowest BCUT2D eigenvalue weighted by Gasteiger charge is -2.15. The highest BCUT2D eigenvalue weighted by molar-refractivity contribution is 5.94. The molecule has 0 atom stereocenters. The molecule has 10 heteroatoms. The number of nitrogens with zero attached hydrogens (tertiary/aromatic N) is 1. The Morgan fingerprint density at radius 1 is 1.33 bits per heavy atom. The highest BCUT2D eigenvalue weighted by Gasteiger charge is 2.30. The smallest absolute Gasteiger partial charge is 0.341 e. The normalized spacial score (nSPS) is 12.6. The van der Waals surface area contributed by atoms with E-state index in [0.717, 1.165) is 18.9 Å². The Bertz CT molecular complexity index is 836. The summed E-state index contributed by atoms with van der Waals surface area (Å²) in [6.07, 6.45) is 2.73. The molecule has 3 rings (SSSR count). The van der Waals surface area contributed by atoms with Crippen LogP contribution in [0.15, 0.2) is 17.1 Å². The number of hydrogen-bond donors (Lipinski definition) is 1. The van der Waals surface area contributed by atoms with Crippen LogP contribution < -0.4 is 10.2 Å². The summed E-state index contributed by atoms with van der Waals surface area (Å²) < 4.78 is 33.8. The van der Waals surface area contributed by atoms with Crippen molar-refractivity contribution in [3.63, 3.8) is 0 Å². The van der Waals surface area contributed by atoms with E-state index in [-0.39, 0.29) is 40.5 Å². The molecule has 0 radical (unpaired) electrons. The first-order valence-corrected chi connectivity index (χ1v) is 6.29. The van der Waals surface area contributed by atoms with Crippen LogP contribution in [0, 0.1) is 11.6 Å². The number of benzene rings is 1. The molecular weight excluding hydrogens is 333 g/mol. The molecule has 1 fully saturated rings. The molecular formula is C14H16BF4NO4. The van der Waals surface area contributed by atoms with Gasteiger partial charge in [0.25, 0.3) is 0 Å². The third kappa shape index (κ3) is 3.08. The maximum Gasteiger partial charge on any atom is 0.341 e. The summed E-state index contributed by atoms with van der Waals surface area (Å²) in [4.78, 5) is 23.3. The molecule has 1 heterocycles. The van der Waals surface area contributed by atoms with E-state index >= 15 is 0 Å². The van der Waals surface area contributed by atoms with Crippen LogP contribution in [0.1, 0.15) is 29.2 Å². The number of carboxylic acid groups (broad SMARTS) is 1. The first-order valence-electron chi connectivity index (χ1n) is 6.29. The first kappa shape index (κ1) is 21.5. The quantitative estimate of drug-likeness (QED) is 0.673. The molecule has 1 aliphatic carbocycles. The fraction of sp³-hybridized carbons (Fsp3) is 0.286. The van der Waals surface area contributed by atoms with E-state index in [0.29, 0.717) is 0 Å². The maximum atomic E-state index is 13.9. The number of ether oxygens (including phenoxy) is 1. The minimum atomic E-state index is -1.40. The minimum Gasteiger partial charge on any atom is -0.491 e. The fourth-order valence-corrected chi connectivity index (χ4v) is 2.41. The van der Waals surface area contributed by atoms with Crippen LogP contribution in [-0.4, -0.2) is 31.2 Å². The van der Waals surface area contributed by atoms with Gasteiger partial charge in [0, 0.05) is 12.2 Å². The van der Waals surface area contributed by atoms with Gasteiger partial charge in [0.05, 0.1) is 26.4 Å². The van der Waals surface area contributed by atoms with Gasteiger partial charge in [0.15, 0.2) is 11.6 Å². The maximum absolute atomic E-state index is 13.9. The number of aromatic nitrogens is 1. The van der Waals surface area contributed by atoms with Crippen molar-refractivity contribution in [1.29, 1.82) is 0 Å². The van der Waals surface area contributed by atoms with Gasteiger partial charge in [-0.15, -0.1) is 0 Å². The van der Waals surface area contributed by atoms with E-state index in [1.165, 1.54) is 17.9 Å². The molecule has 0 unspecified atom stereocenters. The summed E-state index contributed by atoms with van der Waals surface area (Å²) in [6.45, 7) is 0. The molecule has 1 aromatic heterocycles. The summed E-state index contributed by atoms with van der Waals surface area (Å²) in [7, 11) is 1.17. The Kier molecular flexibility index (Phi) is 6.60. The lowest BCUT2D eigenvalue weighted by molar-refractivity contribution is 0.0695. The zero-order chi connectivity index (χ0) is 15.3. The third-order valence-corrected chi connectivity index (χ3v) is 3.54. The second-order valence-corrected chi connectivity index (χ2v) is 4.92. The Morgan fingerprint density at radius 3 is 2.38 bits per heavy atom. The van der Waals surface area contributed by atoms with Gasteiger partial charge in [-0.3, -0.25) is 14.2 Å². The molecule has 1 N–H and O–H groups in total. The molecule has 2 aromatic rings. The van der Waals surface area contributed by atoms with Gasteiger partial charge in [-0.1, -0.05) is 0 Å². The number of rotatable bonds is 3. The van der Waals surface area contributed by atoms with Gasteiger partial charge in [-0.2, -0.15) is 4.39 Å². The fourth-order valence-electron chi connectivity index (χ4n) is 2.41. The standard InChI is InChI=1S/C14H11F2NO4.BH3.2FH/c1-21-13-10(16)9(15)4-7-11(13)17(6-2-3-6)5-8(12(7)18)14(19)20;;;/h4-6H,2-3H2,1H3,(H,19,20);1H3;2*1H. The van der Waals surface area contributed by atoms with Crippen molar-refractivity contribution >= 4 is 25.3 Å². The Labute approximate surface area is 135 Å². The van der Waals surface area contributed by atoms with E-state index in [9.17, 15) is 18.4 Å². The Morgan fingerprint density at radius 2 is 1.92 bits per heavy atom. The number of aromatic carboxylic acids is 1. The molecule has 132 valence electrons. The summed E-state index contributed by atoms with van der Waals surface area (Å²) in [5.41, 5.74) is -1.23. The van der Waals surface area contributed by atoms with Gasteiger partial charge >= 0.3 is 5.97 Å². The van der Waals surface area contributed by atoms with E-state index in [1.807, 2.05) is 0 Å². The number of methoxy groups -OCH3 is 1. The van der Waals surface area contributed by atoms with Gasteiger partial charge < -0.3 is 14.4 Å². The number of carbonyl (C=O) groups is 1. The zero-order valence-electron chi connectivity index (χ0n) is 11.8. The van der Waals surface area contributed by atoms with E-state index in [1.54, 1.807) is 0 Å². The van der Waals surface area contributed by atoms with Gasteiger partial charge in [-0.25, -0.2) is 9.18 Å². The van der Waals surface area contributed by atoms with Crippen molar-refractivity contribution in [3.05, 3.63) is 39.7 Å². The number of pyridine rings is 1. The second kappa shape index (κ2) is 7.37. The van der Waals surface area contributed by atoms with Crippen molar-refractivity contribution < 1.29 is 32.8 Å². The molecule has 0 spiro atoms. The molecule has 1 aromatic carbocycles. The SMILES string of the molecule is B.COc1c(F)c(F)cc2c(=O)c(C(=O)O)cn(C3CC3)c12.F.F. The van der Waals surface area contributed by atoms with Crippen molar-refractivity contribution in [2.24, 2.45) is 0 Å². The third-order valence-electron chi connectivity index (χ3n) is 3.54. The number of halogens is 4. The average Bonchev–Trinajstić information content (AvgIpc) is 3.26. The highest BCUT2D eigenvalue weighted by atomic mass is 19.2. The zero-order valence-corrected chi connectivity index (χ0v) is 11.8. The lowest BCUT2D eigenvalue weighted by atomic mass is 10.1. The average molecular weight is 349 g/mol. The summed E-state index contributed by atoms with van der Waals surface area (Å²) in [5, 5.41) is 8.89. The number of fused-ring (bicyclic) bond motifs is 1. The topological polar surface area (TPSA) is 68.5 Å². The van der Waals surface area contributed by atoms with E-state index < -0.39 is 28.6 Å². The van der Waals surface area contributed by atoms with Crippen LogP contribution >= 0.6 is 0 Å². The second-order valence-electron chi connectivity index (χ2n) is 4.92. The molecule has 0 bridgehead atoms.